The average molecular weight is 249 g/mol. The molecule has 94 valence electrons. The van der Waals surface area contributed by atoms with Gasteiger partial charge in [-0.05, 0) is 23.3 Å². The van der Waals surface area contributed by atoms with Gasteiger partial charge in [0, 0.05) is 12.0 Å². The van der Waals surface area contributed by atoms with E-state index in [9.17, 15) is 5.11 Å². The molecule has 1 atom stereocenters. The van der Waals surface area contributed by atoms with Crippen LogP contribution in [0.5, 0.6) is 0 Å². The maximum absolute atomic E-state index is 10.3. The summed E-state index contributed by atoms with van der Waals surface area (Å²) in [7, 11) is 0. The van der Waals surface area contributed by atoms with Crippen molar-refractivity contribution >= 4 is 17.5 Å². The van der Waals surface area contributed by atoms with Gasteiger partial charge in [-0.2, -0.15) is 0 Å². The number of nitrogens with zero attached hydrogens (tertiary/aromatic N) is 1. The van der Waals surface area contributed by atoms with Crippen molar-refractivity contribution in [1.82, 2.24) is 0 Å². The summed E-state index contributed by atoms with van der Waals surface area (Å²) >= 11 is 0. The van der Waals surface area contributed by atoms with Gasteiger partial charge in [-0.3, -0.25) is 4.99 Å². The summed E-state index contributed by atoms with van der Waals surface area (Å²) in [5.74, 6) is 0. The van der Waals surface area contributed by atoms with E-state index < -0.39 is 6.10 Å². The van der Waals surface area contributed by atoms with Gasteiger partial charge < -0.3 is 5.11 Å². The minimum Gasteiger partial charge on any atom is -0.388 e. The van der Waals surface area contributed by atoms with Crippen molar-refractivity contribution in [2.45, 2.75) is 12.5 Å². The third-order valence-electron chi connectivity index (χ3n) is 3.40. The van der Waals surface area contributed by atoms with E-state index >= 15 is 0 Å². The molecule has 2 heteroatoms. The summed E-state index contributed by atoms with van der Waals surface area (Å²) in [6.07, 6.45) is 1.84. The van der Waals surface area contributed by atoms with E-state index in [-0.39, 0.29) is 0 Å². The smallest absolute Gasteiger partial charge is 0.0866 e. The summed E-state index contributed by atoms with van der Waals surface area (Å²) in [6, 6.07) is 15.9. The first kappa shape index (κ1) is 11.9. The van der Waals surface area contributed by atoms with Gasteiger partial charge in [-0.25, -0.2) is 0 Å². The number of hydrogen-bond acceptors (Lipinski definition) is 2. The molecule has 2 aromatic carbocycles. The lowest BCUT2D eigenvalue weighted by molar-refractivity contribution is 0.185. The quantitative estimate of drug-likeness (QED) is 0.860. The average Bonchev–Trinajstić information content (AvgIpc) is 2.48. The third-order valence-corrected chi connectivity index (χ3v) is 3.40. The highest BCUT2D eigenvalue weighted by Gasteiger charge is 2.21. The van der Waals surface area contributed by atoms with Gasteiger partial charge in [0.1, 0.15) is 0 Å². The fourth-order valence-corrected chi connectivity index (χ4v) is 2.37. The number of hydrogen-bond donors (Lipinski definition) is 1. The normalized spacial score (nSPS) is 17.5. The maximum Gasteiger partial charge on any atom is 0.0866 e. The van der Waals surface area contributed by atoms with Gasteiger partial charge in [-0.1, -0.05) is 49.1 Å². The van der Waals surface area contributed by atoms with E-state index in [1.165, 1.54) is 0 Å². The predicted molar refractivity (Wildman–Crippen MR) is 78.7 cm³/mol. The minimum atomic E-state index is -0.498. The topological polar surface area (TPSA) is 32.6 Å². The van der Waals surface area contributed by atoms with Gasteiger partial charge in [0.25, 0.3) is 0 Å². The standard InChI is InChI=1S/C17H15NO/c1-2-12-8-9-15-14(10-12)17(19)11-16(18-15)13-6-4-3-5-7-13/h2-10,17,19H,1,11H2. The Morgan fingerprint density at radius 1 is 1.16 bits per heavy atom. The Labute approximate surface area is 112 Å². The minimum absolute atomic E-state index is 0.498. The van der Waals surface area contributed by atoms with E-state index in [1.54, 1.807) is 6.08 Å². The molecule has 0 spiro atoms. The van der Waals surface area contributed by atoms with E-state index in [2.05, 4.69) is 11.6 Å². The van der Waals surface area contributed by atoms with E-state index in [1.807, 2.05) is 48.5 Å². The Kier molecular flexibility index (Phi) is 3.02. The first-order chi connectivity index (χ1) is 9.28. The molecule has 1 N–H and O–H groups in total. The van der Waals surface area contributed by atoms with Crippen LogP contribution in [0.3, 0.4) is 0 Å². The van der Waals surface area contributed by atoms with Crippen molar-refractivity contribution < 1.29 is 5.11 Å². The van der Waals surface area contributed by atoms with Crippen LogP contribution in [0.4, 0.5) is 5.69 Å². The Hall–Kier alpha value is -2.19. The van der Waals surface area contributed by atoms with Gasteiger partial charge in [-0.15, -0.1) is 0 Å². The number of aliphatic hydroxyl groups excluding tert-OH is 1. The molecule has 1 aliphatic heterocycles. The predicted octanol–water partition coefficient (Wildman–Crippen LogP) is 3.89. The van der Waals surface area contributed by atoms with Crippen molar-refractivity contribution in [2.75, 3.05) is 0 Å². The SMILES string of the molecule is C=Cc1ccc2c(c1)C(O)CC(c1ccccc1)=N2. The highest BCUT2D eigenvalue weighted by molar-refractivity contribution is 6.03. The van der Waals surface area contributed by atoms with Gasteiger partial charge >= 0.3 is 0 Å². The van der Waals surface area contributed by atoms with Crippen LogP contribution < -0.4 is 0 Å². The molecule has 0 saturated carbocycles. The fraction of sp³-hybridized carbons (Fsp3) is 0.118. The zero-order chi connectivity index (χ0) is 13.2. The lowest BCUT2D eigenvalue weighted by Crippen LogP contribution is -2.12. The molecule has 0 radical (unpaired) electrons. The second kappa shape index (κ2) is 4.82. The van der Waals surface area contributed by atoms with Gasteiger partial charge in [0.2, 0.25) is 0 Å². The zero-order valence-corrected chi connectivity index (χ0v) is 10.6. The molecule has 3 rings (SSSR count). The van der Waals surface area contributed by atoms with Crippen molar-refractivity contribution in [3.05, 3.63) is 71.8 Å². The van der Waals surface area contributed by atoms with Crippen LogP contribution >= 0.6 is 0 Å². The summed E-state index contributed by atoms with van der Waals surface area (Å²) < 4.78 is 0. The van der Waals surface area contributed by atoms with Crippen LogP contribution in [0.2, 0.25) is 0 Å². The Morgan fingerprint density at radius 2 is 1.95 bits per heavy atom. The van der Waals surface area contributed by atoms with E-state index in [0.717, 1.165) is 28.1 Å². The van der Waals surface area contributed by atoms with Crippen molar-refractivity contribution in [1.29, 1.82) is 0 Å². The number of rotatable bonds is 2. The largest absolute Gasteiger partial charge is 0.388 e. The molecular formula is C17H15NO. The summed E-state index contributed by atoms with van der Waals surface area (Å²) in [6.45, 7) is 3.75. The second-order valence-electron chi connectivity index (χ2n) is 4.67. The van der Waals surface area contributed by atoms with Crippen LogP contribution in [0.25, 0.3) is 6.08 Å². The molecule has 0 saturated heterocycles. The molecule has 0 bridgehead atoms. The van der Waals surface area contributed by atoms with Crippen LogP contribution in [0.1, 0.15) is 29.2 Å². The van der Waals surface area contributed by atoms with Crippen molar-refractivity contribution in [2.24, 2.45) is 4.99 Å². The molecule has 2 nitrogen and oxygen atoms in total. The molecule has 0 fully saturated rings. The lowest BCUT2D eigenvalue weighted by atomic mass is 9.93. The number of aliphatic hydroxyl groups is 1. The maximum atomic E-state index is 10.3. The van der Waals surface area contributed by atoms with Gasteiger partial charge in [0.15, 0.2) is 0 Å². The number of benzene rings is 2. The van der Waals surface area contributed by atoms with Crippen molar-refractivity contribution in [3.8, 4) is 0 Å². The Morgan fingerprint density at radius 3 is 2.68 bits per heavy atom. The van der Waals surface area contributed by atoms with Crippen LogP contribution in [0, 0.1) is 0 Å². The molecule has 2 aromatic rings. The highest BCUT2D eigenvalue weighted by atomic mass is 16.3. The van der Waals surface area contributed by atoms with Crippen molar-refractivity contribution in [3.63, 3.8) is 0 Å². The summed E-state index contributed by atoms with van der Waals surface area (Å²) in [5.41, 5.74) is 4.75. The van der Waals surface area contributed by atoms with Crippen LogP contribution in [-0.2, 0) is 0 Å². The Bertz CT molecular complexity index is 644. The molecule has 1 heterocycles. The summed E-state index contributed by atoms with van der Waals surface area (Å²) in [5, 5.41) is 10.3. The number of fused-ring (bicyclic) bond motifs is 1. The zero-order valence-electron chi connectivity index (χ0n) is 10.6. The molecule has 0 amide bonds. The Balaban J connectivity index is 2.07. The fourth-order valence-electron chi connectivity index (χ4n) is 2.37. The van der Waals surface area contributed by atoms with E-state index in [4.69, 9.17) is 0 Å². The molecule has 1 aliphatic rings. The molecule has 0 aromatic heterocycles. The number of aliphatic imine (C=N–C) groups is 1. The third kappa shape index (κ3) is 2.23. The van der Waals surface area contributed by atoms with Crippen LogP contribution in [-0.4, -0.2) is 10.8 Å². The summed E-state index contributed by atoms with van der Waals surface area (Å²) in [4.78, 5) is 4.66. The lowest BCUT2D eigenvalue weighted by Gasteiger charge is -2.21. The van der Waals surface area contributed by atoms with E-state index in [0.29, 0.717) is 6.42 Å². The first-order valence-corrected chi connectivity index (χ1v) is 6.35. The highest BCUT2D eigenvalue weighted by Crippen LogP contribution is 2.35. The molecular weight excluding hydrogens is 234 g/mol. The first-order valence-electron chi connectivity index (χ1n) is 6.35. The molecule has 0 aliphatic carbocycles. The van der Waals surface area contributed by atoms with Gasteiger partial charge in [0.05, 0.1) is 17.5 Å². The second-order valence-corrected chi connectivity index (χ2v) is 4.67. The monoisotopic (exact) mass is 249 g/mol. The van der Waals surface area contributed by atoms with Crippen LogP contribution in [0.15, 0.2) is 60.1 Å². The molecule has 19 heavy (non-hydrogen) atoms. The molecule has 1 unspecified atom stereocenters.